The largest absolute Gasteiger partial charge is 0.423 e. The van der Waals surface area contributed by atoms with Crippen LogP contribution in [0.5, 0.6) is 11.5 Å². The topological polar surface area (TPSA) is 52.6 Å². The maximum atomic E-state index is 12.9. The molecule has 0 aliphatic rings. The zero-order valence-corrected chi connectivity index (χ0v) is 24.3. The number of unbranched alkanes of at least 4 members (excludes halogenated alkanes) is 8. The third-order valence-corrected chi connectivity index (χ3v) is 7.13. The predicted molar refractivity (Wildman–Crippen MR) is 164 cm³/mol. The van der Waals surface area contributed by atoms with E-state index in [9.17, 15) is 9.59 Å². The van der Waals surface area contributed by atoms with E-state index in [1.807, 2.05) is 48.5 Å². The molecule has 3 aromatic rings. The van der Waals surface area contributed by atoms with Crippen molar-refractivity contribution in [1.82, 2.24) is 0 Å². The maximum Gasteiger partial charge on any atom is 0.344 e. The number of rotatable bonds is 17. The fourth-order valence-corrected chi connectivity index (χ4v) is 4.69. The van der Waals surface area contributed by atoms with Gasteiger partial charge in [0.1, 0.15) is 11.5 Å². The summed E-state index contributed by atoms with van der Waals surface area (Å²) in [5, 5.41) is 0. The van der Waals surface area contributed by atoms with Crippen LogP contribution in [0.15, 0.2) is 73.3 Å². The molecule has 0 amide bonds. The Hall–Kier alpha value is -3.66. The number of ether oxygens (including phenoxy) is 2. The number of benzene rings is 3. The Bertz CT molecular complexity index is 1210. The third kappa shape index (κ3) is 10.1. The highest BCUT2D eigenvalue weighted by Crippen LogP contribution is 2.21. The normalized spacial score (nSPS) is 10.8. The molecule has 40 heavy (non-hydrogen) atoms. The Morgan fingerprint density at radius 2 is 1.10 bits per heavy atom. The summed E-state index contributed by atoms with van der Waals surface area (Å²) in [5.74, 6) is 0.00319. The number of carbonyl (C=O) groups excluding carboxylic acids is 2. The van der Waals surface area contributed by atoms with Gasteiger partial charge in [0.05, 0.1) is 11.1 Å². The molecule has 0 aromatic heterocycles. The number of esters is 2. The average Bonchev–Trinajstić information content (AvgIpc) is 2.98. The van der Waals surface area contributed by atoms with Crippen LogP contribution < -0.4 is 9.47 Å². The van der Waals surface area contributed by atoms with Crippen LogP contribution in [0.3, 0.4) is 0 Å². The van der Waals surface area contributed by atoms with Gasteiger partial charge in [-0.3, -0.25) is 0 Å². The molecule has 4 heteroatoms. The van der Waals surface area contributed by atoms with Gasteiger partial charge in [0.2, 0.25) is 0 Å². The minimum Gasteiger partial charge on any atom is -0.423 e. The Morgan fingerprint density at radius 3 is 1.57 bits per heavy atom. The highest BCUT2D eigenvalue weighted by Gasteiger charge is 2.17. The zero-order valence-electron chi connectivity index (χ0n) is 24.3. The second-order valence-electron chi connectivity index (χ2n) is 10.4. The Morgan fingerprint density at radius 1 is 0.625 bits per heavy atom. The lowest BCUT2D eigenvalue weighted by molar-refractivity contribution is 0.0720. The van der Waals surface area contributed by atoms with E-state index in [0.29, 0.717) is 28.2 Å². The molecule has 212 valence electrons. The molecule has 0 spiro atoms. The van der Waals surface area contributed by atoms with Gasteiger partial charge in [-0.25, -0.2) is 9.59 Å². The molecular formula is C36H44O4. The van der Waals surface area contributed by atoms with Crippen molar-refractivity contribution < 1.29 is 19.1 Å². The van der Waals surface area contributed by atoms with E-state index in [4.69, 9.17) is 9.47 Å². The fraction of sp³-hybridized carbons (Fsp3) is 0.389. The molecule has 0 atom stereocenters. The van der Waals surface area contributed by atoms with Gasteiger partial charge < -0.3 is 9.47 Å². The molecule has 3 rings (SSSR count). The van der Waals surface area contributed by atoms with Crippen molar-refractivity contribution in [3.05, 3.63) is 101 Å². The first-order chi connectivity index (χ1) is 19.5. The first-order valence-electron chi connectivity index (χ1n) is 14.9. The summed E-state index contributed by atoms with van der Waals surface area (Å²) in [6.07, 6.45) is 16.0. The van der Waals surface area contributed by atoms with E-state index in [-0.39, 0.29) is 0 Å². The van der Waals surface area contributed by atoms with E-state index in [0.717, 1.165) is 12.8 Å². The maximum absolute atomic E-state index is 12.9. The van der Waals surface area contributed by atoms with Crippen LogP contribution in [0.1, 0.15) is 115 Å². The summed E-state index contributed by atoms with van der Waals surface area (Å²) in [6, 6.07) is 20.1. The lowest BCUT2D eigenvalue weighted by Gasteiger charge is -2.10. The van der Waals surface area contributed by atoms with Crippen molar-refractivity contribution in [2.75, 3.05) is 0 Å². The molecular weight excluding hydrogens is 496 g/mol. The Kier molecular flexibility index (Phi) is 13.2. The van der Waals surface area contributed by atoms with Gasteiger partial charge >= 0.3 is 11.9 Å². The van der Waals surface area contributed by atoms with Crippen molar-refractivity contribution in [1.29, 1.82) is 0 Å². The van der Waals surface area contributed by atoms with Gasteiger partial charge in [-0.05, 0) is 84.8 Å². The van der Waals surface area contributed by atoms with Crippen LogP contribution in [0, 0.1) is 0 Å². The van der Waals surface area contributed by atoms with Crippen molar-refractivity contribution in [2.45, 2.75) is 90.9 Å². The van der Waals surface area contributed by atoms with Crippen LogP contribution in [-0.4, -0.2) is 11.9 Å². The monoisotopic (exact) mass is 540 g/mol. The van der Waals surface area contributed by atoms with Gasteiger partial charge in [0.15, 0.2) is 0 Å². The summed E-state index contributed by atoms with van der Waals surface area (Å²) in [5.41, 5.74) is 3.68. The van der Waals surface area contributed by atoms with Gasteiger partial charge in [-0.2, -0.15) is 0 Å². The number of hydrogen-bond donors (Lipinski definition) is 0. The summed E-state index contributed by atoms with van der Waals surface area (Å²) < 4.78 is 11.2. The zero-order chi connectivity index (χ0) is 28.6. The van der Waals surface area contributed by atoms with Crippen LogP contribution in [-0.2, 0) is 12.8 Å². The molecule has 0 unspecified atom stereocenters. The van der Waals surface area contributed by atoms with Crippen molar-refractivity contribution >= 4 is 18.0 Å². The second-order valence-corrected chi connectivity index (χ2v) is 10.4. The molecule has 0 aliphatic carbocycles. The van der Waals surface area contributed by atoms with Crippen molar-refractivity contribution in [3.8, 4) is 11.5 Å². The predicted octanol–water partition coefficient (Wildman–Crippen LogP) is 9.79. The van der Waals surface area contributed by atoms with Crippen LogP contribution >= 0.6 is 0 Å². The average molecular weight is 541 g/mol. The minimum absolute atomic E-state index is 0.342. The molecule has 0 bridgehead atoms. The molecule has 0 aliphatic heterocycles. The van der Waals surface area contributed by atoms with Gasteiger partial charge in [0.25, 0.3) is 0 Å². The molecule has 4 nitrogen and oxygen atoms in total. The first-order valence-corrected chi connectivity index (χ1v) is 14.9. The second kappa shape index (κ2) is 17.1. The van der Waals surface area contributed by atoms with E-state index in [1.54, 1.807) is 24.3 Å². The highest BCUT2D eigenvalue weighted by molar-refractivity contribution is 5.98. The van der Waals surface area contributed by atoms with Gasteiger partial charge in [-0.1, -0.05) is 102 Å². The van der Waals surface area contributed by atoms with Crippen LogP contribution in [0.25, 0.3) is 6.08 Å². The van der Waals surface area contributed by atoms with Crippen LogP contribution in [0.2, 0.25) is 0 Å². The molecule has 0 radical (unpaired) electrons. The van der Waals surface area contributed by atoms with E-state index in [1.165, 1.54) is 75.3 Å². The summed E-state index contributed by atoms with van der Waals surface area (Å²) >= 11 is 0. The molecule has 0 fully saturated rings. The summed E-state index contributed by atoms with van der Waals surface area (Å²) in [7, 11) is 0. The van der Waals surface area contributed by atoms with Crippen LogP contribution in [0.4, 0.5) is 0 Å². The van der Waals surface area contributed by atoms with Gasteiger partial charge in [-0.15, -0.1) is 0 Å². The lowest BCUT2D eigenvalue weighted by Crippen LogP contribution is -2.13. The Balaban J connectivity index is 1.54. The summed E-state index contributed by atoms with van der Waals surface area (Å²) in [4.78, 5) is 25.7. The standard InChI is InChI=1S/C36H44O4/c1-4-7-9-11-13-15-28-17-22-32(23-18-28)39-35(37)31-21-26-34(30(6-3)27-31)36(38)40-33-24-19-29(20-25-33)16-14-12-10-8-5-2/h6,17-27H,3-5,7-16H2,1-2H3. The van der Waals surface area contributed by atoms with Crippen molar-refractivity contribution in [3.63, 3.8) is 0 Å². The number of carbonyl (C=O) groups is 2. The molecule has 0 N–H and O–H groups in total. The minimum atomic E-state index is -0.493. The number of hydrogen-bond acceptors (Lipinski definition) is 4. The molecule has 0 saturated heterocycles. The van der Waals surface area contributed by atoms with Crippen molar-refractivity contribution in [2.24, 2.45) is 0 Å². The van der Waals surface area contributed by atoms with E-state index in [2.05, 4.69) is 20.4 Å². The van der Waals surface area contributed by atoms with E-state index >= 15 is 0 Å². The lowest BCUT2D eigenvalue weighted by atomic mass is 10.0. The molecule has 0 saturated carbocycles. The SMILES string of the molecule is C=Cc1cc(C(=O)Oc2ccc(CCCCCCC)cc2)ccc1C(=O)Oc1ccc(CCCCCCC)cc1. The molecule has 3 aromatic carbocycles. The quantitative estimate of drug-likeness (QED) is 0.0971. The first kappa shape index (κ1) is 30.9. The smallest absolute Gasteiger partial charge is 0.344 e. The highest BCUT2D eigenvalue weighted by atomic mass is 16.5. The molecule has 0 heterocycles. The van der Waals surface area contributed by atoms with E-state index < -0.39 is 11.9 Å². The number of aryl methyl sites for hydroxylation is 2. The van der Waals surface area contributed by atoms with Gasteiger partial charge in [0, 0.05) is 0 Å². The Labute approximate surface area is 240 Å². The third-order valence-electron chi connectivity index (χ3n) is 7.13. The summed E-state index contributed by atoms with van der Waals surface area (Å²) in [6.45, 7) is 8.25. The fourth-order valence-electron chi connectivity index (χ4n) is 4.69.